The van der Waals surface area contributed by atoms with Crippen molar-refractivity contribution in [1.82, 2.24) is 4.98 Å². The first kappa shape index (κ1) is 10.9. The lowest BCUT2D eigenvalue weighted by Gasteiger charge is -2.07. The van der Waals surface area contributed by atoms with Gasteiger partial charge in [-0.05, 0) is 18.6 Å². The predicted octanol–water partition coefficient (Wildman–Crippen LogP) is 3.25. The molecule has 1 aromatic rings. The van der Waals surface area contributed by atoms with Gasteiger partial charge in [0.1, 0.15) is 0 Å². The molecule has 0 fully saturated rings. The molecular formula is C10H14ClNS. The highest BCUT2D eigenvalue weighted by molar-refractivity contribution is 7.99. The minimum Gasteiger partial charge on any atom is -0.260 e. The van der Waals surface area contributed by atoms with E-state index in [1.165, 1.54) is 11.3 Å². The largest absolute Gasteiger partial charge is 0.260 e. The van der Waals surface area contributed by atoms with Crippen LogP contribution in [0.15, 0.2) is 18.3 Å². The molecule has 0 aliphatic rings. The van der Waals surface area contributed by atoms with Crippen LogP contribution in [-0.4, -0.2) is 16.1 Å². The van der Waals surface area contributed by atoms with Crippen molar-refractivity contribution in [2.24, 2.45) is 0 Å². The maximum atomic E-state index is 5.72. The van der Waals surface area contributed by atoms with Crippen molar-refractivity contribution in [2.45, 2.75) is 24.9 Å². The van der Waals surface area contributed by atoms with Crippen LogP contribution in [0, 0.1) is 6.92 Å². The second-order valence-corrected chi connectivity index (χ2v) is 4.78. The maximum Gasteiger partial charge on any atom is 0.0531 e. The van der Waals surface area contributed by atoms with Gasteiger partial charge in [-0.25, -0.2) is 0 Å². The Bertz CT molecular complexity index is 265. The third kappa shape index (κ3) is 3.57. The van der Waals surface area contributed by atoms with E-state index >= 15 is 0 Å². The molecule has 1 aromatic heterocycles. The first-order valence-electron chi connectivity index (χ1n) is 4.32. The summed E-state index contributed by atoms with van der Waals surface area (Å²) in [7, 11) is 0. The Balaban J connectivity index is 2.50. The van der Waals surface area contributed by atoms with E-state index in [9.17, 15) is 0 Å². The number of halogens is 1. The summed E-state index contributed by atoms with van der Waals surface area (Å²) in [6, 6.07) is 4.06. The lowest BCUT2D eigenvalue weighted by Crippen LogP contribution is -1.99. The highest BCUT2D eigenvalue weighted by atomic mass is 35.5. The van der Waals surface area contributed by atoms with Crippen LogP contribution in [0.3, 0.4) is 0 Å². The summed E-state index contributed by atoms with van der Waals surface area (Å²) in [5, 5.41) is 0.503. The molecular weight excluding hydrogens is 202 g/mol. The predicted molar refractivity (Wildman–Crippen MR) is 60.5 cm³/mol. The van der Waals surface area contributed by atoms with Gasteiger partial charge in [0.15, 0.2) is 0 Å². The maximum absolute atomic E-state index is 5.72. The van der Waals surface area contributed by atoms with E-state index in [-0.39, 0.29) is 0 Å². The lowest BCUT2D eigenvalue weighted by molar-refractivity contribution is 1.09. The second kappa shape index (κ2) is 5.51. The zero-order chi connectivity index (χ0) is 9.68. The molecule has 13 heavy (non-hydrogen) atoms. The van der Waals surface area contributed by atoms with Crippen molar-refractivity contribution >= 4 is 23.4 Å². The van der Waals surface area contributed by atoms with Crippen molar-refractivity contribution in [2.75, 3.05) is 5.88 Å². The van der Waals surface area contributed by atoms with Crippen LogP contribution in [0.25, 0.3) is 0 Å². The average molecular weight is 216 g/mol. The highest BCUT2D eigenvalue weighted by Gasteiger charge is 2.03. The average Bonchev–Trinajstić information content (AvgIpc) is 2.16. The standard InChI is InChI=1S/C10H14ClNS/c1-8-4-3-5-12-10(8)7-13-9(2)6-11/h3-5,9H,6-7H2,1-2H3. The van der Waals surface area contributed by atoms with Crippen molar-refractivity contribution in [3.63, 3.8) is 0 Å². The molecule has 1 atom stereocenters. The number of hydrogen-bond donors (Lipinski definition) is 0. The fourth-order valence-corrected chi connectivity index (χ4v) is 2.04. The van der Waals surface area contributed by atoms with Gasteiger partial charge in [-0.2, -0.15) is 11.8 Å². The molecule has 0 N–H and O–H groups in total. The van der Waals surface area contributed by atoms with E-state index in [0.29, 0.717) is 11.1 Å². The van der Waals surface area contributed by atoms with E-state index in [1.807, 2.05) is 24.0 Å². The van der Waals surface area contributed by atoms with Gasteiger partial charge in [0.25, 0.3) is 0 Å². The molecule has 0 aromatic carbocycles. The molecule has 72 valence electrons. The molecule has 1 rings (SSSR count). The molecule has 0 amide bonds. The van der Waals surface area contributed by atoms with Gasteiger partial charge in [-0.3, -0.25) is 4.98 Å². The molecule has 0 saturated carbocycles. The smallest absolute Gasteiger partial charge is 0.0531 e. The van der Waals surface area contributed by atoms with Gasteiger partial charge in [-0.15, -0.1) is 11.6 Å². The lowest BCUT2D eigenvalue weighted by atomic mass is 10.2. The van der Waals surface area contributed by atoms with Gasteiger partial charge in [0.2, 0.25) is 0 Å². The molecule has 0 aliphatic carbocycles. The summed E-state index contributed by atoms with van der Waals surface area (Å²) >= 11 is 7.57. The fraction of sp³-hybridized carbons (Fsp3) is 0.500. The van der Waals surface area contributed by atoms with Crippen molar-refractivity contribution in [3.05, 3.63) is 29.6 Å². The summed E-state index contributed by atoms with van der Waals surface area (Å²) in [6.45, 7) is 4.23. The van der Waals surface area contributed by atoms with Crippen molar-refractivity contribution in [1.29, 1.82) is 0 Å². The zero-order valence-electron chi connectivity index (χ0n) is 7.96. The summed E-state index contributed by atoms with van der Waals surface area (Å²) in [4.78, 5) is 4.32. The van der Waals surface area contributed by atoms with E-state index in [2.05, 4.69) is 24.9 Å². The number of pyridine rings is 1. The van der Waals surface area contributed by atoms with Crippen LogP contribution < -0.4 is 0 Å². The van der Waals surface area contributed by atoms with Gasteiger partial charge < -0.3 is 0 Å². The normalized spacial score (nSPS) is 12.8. The third-order valence-corrected chi connectivity index (χ3v) is 3.66. The van der Waals surface area contributed by atoms with E-state index in [1.54, 1.807) is 0 Å². The SMILES string of the molecule is Cc1cccnc1CSC(C)CCl. The Morgan fingerprint density at radius 2 is 2.38 bits per heavy atom. The molecule has 0 radical (unpaired) electrons. The van der Waals surface area contributed by atoms with Gasteiger partial charge in [-0.1, -0.05) is 13.0 Å². The fourth-order valence-electron chi connectivity index (χ4n) is 0.935. The second-order valence-electron chi connectivity index (χ2n) is 3.04. The number of rotatable bonds is 4. The summed E-state index contributed by atoms with van der Waals surface area (Å²) in [6.07, 6.45) is 1.84. The first-order chi connectivity index (χ1) is 6.24. The van der Waals surface area contributed by atoms with Crippen LogP contribution >= 0.6 is 23.4 Å². The molecule has 0 saturated heterocycles. The van der Waals surface area contributed by atoms with Crippen molar-refractivity contribution < 1.29 is 0 Å². The molecule has 1 unspecified atom stereocenters. The number of hydrogen-bond acceptors (Lipinski definition) is 2. The molecule has 0 bridgehead atoms. The minimum atomic E-state index is 0.503. The quantitative estimate of drug-likeness (QED) is 0.716. The summed E-state index contributed by atoms with van der Waals surface area (Å²) in [5.74, 6) is 1.66. The van der Waals surface area contributed by atoms with E-state index < -0.39 is 0 Å². The number of aromatic nitrogens is 1. The third-order valence-electron chi connectivity index (χ3n) is 1.84. The van der Waals surface area contributed by atoms with E-state index in [4.69, 9.17) is 11.6 Å². The Labute approximate surface area is 88.9 Å². The topological polar surface area (TPSA) is 12.9 Å². The van der Waals surface area contributed by atoms with Gasteiger partial charge >= 0.3 is 0 Å². The number of aryl methyl sites for hydroxylation is 1. The number of thioether (sulfide) groups is 1. The highest BCUT2D eigenvalue weighted by Crippen LogP contribution is 2.18. The molecule has 3 heteroatoms. The number of alkyl halides is 1. The van der Waals surface area contributed by atoms with Crippen molar-refractivity contribution in [3.8, 4) is 0 Å². The van der Waals surface area contributed by atoms with Crippen LogP contribution in [-0.2, 0) is 5.75 Å². The van der Waals surface area contributed by atoms with Crippen LogP contribution in [0.4, 0.5) is 0 Å². The Morgan fingerprint density at radius 3 is 3.00 bits per heavy atom. The van der Waals surface area contributed by atoms with Crippen LogP contribution in [0.5, 0.6) is 0 Å². The van der Waals surface area contributed by atoms with E-state index in [0.717, 1.165) is 5.75 Å². The Kier molecular flexibility index (Phi) is 4.60. The molecule has 1 nitrogen and oxygen atoms in total. The zero-order valence-corrected chi connectivity index (χ0v) is 9.53. The summed E-state index contributed by atoms with van der Waals surface area (Å²) < 4.78 is 0. The first-order valence-corrected chi connectivity index (χ1v) is 5.90. The Hall–Kier alpha value is -0.210. The Morgan fingerprint density at radius 1 is 1.62 bits per heavy atom. The number of nitrogens with zero attached hydrogens (tertiary/aromatic N) is 1. The molecule has 0 aliphatic heterocycles. The summed E-state index contributed by atoms with van der Waals surface area (Å²) in [5.41, 5.74) is 2.43. The van der Waals surface area contributed by atoms with Gasteiger partial charge in [0, 0.05) is 23.1 Å². The van der Waals surface area contributed by atoms with Crippen LogP contribution in [0.2, 0.25) is 0 Å². The molecule has 1 heterocycles. The monoisotopic (exact) mass is 215 g/mol. The molecule has 0 spiro atoms. The minimum absolute atomic E-state index is 0.503. The van der Waals surface area contributed by atoms with Gasteiger partial charge in [0.05, 0.1) is 5.69 Å². The van der Waals surface area contributed by atoms with Crippen LogP contribution in [0.1, 0.15) is 18.2 Å².